The van der Waals surface area contributed by atoms with Gasteiger partial charge in [-0.25, -0.2) is 14.2 Å². The van der Waals surface area contributed by atoms with Gasteiger partial charge in [-0.1, -0.05) is 0 Å². The second-order valence-electron chi connectivity index (χ2n) is 6.41. The first-order chi connectivity index (χ1) is 13.7. The first-order valence-corrected chi connectivity index (χ1v) is 8.79. The van der Waals surface area contributed by atoms with E-state index >= 15 is 0 Å². The lowest BCUT2D eigenvalue weighted by molar-refractivity contribution is 0.0692. The summed E-state index contributed by atoms with van der Waals surface area (Å²) in [4.78, 5) is 22.9. The maximum absolute atomic E-state index is 12.9. The van der Waals surface area contributed by atoms with E-state index in [1.54, 1.807) is 0 Å². The van der Waals surface area contributed by atoms with E-state index in [1.807, 2.05) is 38.0 Å². The number of hydrogen-bond acceptors (Lipinski definition) is 8. The van der Waals surface area contributed by atoms with E-state index in [-0.39, 0.29) is 29.8 Å². The Balaban J connectivity index is 0.000000612. The number of nitrogens with zero attached hydrogens (tertiary/aromatic N) is 4. The van der Waals surface area contributed by atoms with Crippen molar-refractivity contribution >= 4 is 5.97 Å². The van der Waals surface area contributed by atoms with Crippen molar-refractivity contribution in [3.8, 4) is 17.6 Å². The number of aromatic nitrogens is 2. The zero-order valence-corrected chi connectivity index (χ0v) is 17.0. The van der Waals surface area contributed by atoms with Crippen LogP contribution in [0.5, 0.6) is 17.6 Å². The Kier molecular flexibility index (Phi) is 10.5. The molecule has 0 atom stereocenters. The summed E-state index contributed by atoms with van der Waals surface area (Å²) in [5.74, 6) is -1.57. The predicted molar refractivity (Wildman–Crippen MR) is 105 cm³/mol. The highest BCUT2D eigenvalue weighted by Gasteiger charge is 2.16. The number of aliphatic hydroxyl groups excluding tert-OH is 1. The lowest BCUT2D eigenvalue weighted by Gasteiger charge is -2.11. The predicted octanol–water partition coefficient (Wildman–Crippen LogP) is 1.59. The highest BCUT2D eigenvalue weighted by Crippen LogP contribution is 2.24. The lowest BCUT2D eigenvalue weighted by Crippen LogP contribution is -2.20. The minimum Gasteiger partial charge on any atom is -0.477 e. The molecule has 0 bridgehead atoms. The number of benzene rings is 1. The summed E-state index contributed by atoms with van der Waals surface area (Å²) in [7, 11) is 7.63. The van der Waals surface area contributed by atoms with Crippen molar-refractivity contribution in [2.24, 2.45) is 0 Å². The van der Waals surface area contributed by atoms with E-state index in [0.717, 1.165) is 12.7 Å². The molecular weight excluding hydrogens is 383 g/mol. The molecule has 160 valence electrons. The fraction of sp³-hybridized carbons (Fsp3) is 0.421. The normalized spacial score (nSPS) is 10.5. The van der Waals surface area contributed by atoms with Crippen LogP contribution in [0.25, 0.3) is 0 Å². The second-order valence-corrected chi connectivity index (χ2v) is 6.41. The molecule has 2 N–H and O–H groups in total. The number of aliphatic hydroxyl groups is 1. The van der Waals surface area contributed by atoms with Gasteiger partial charge in [0, 0.05) is 13.1 Å². The third-order valence-electron chi connectivity index (χ3n) is 3.31. The average Bonchev–Trinajstić information content (AvgIpc) is 2.64. The quantitative estimate of drug-likeness (QED) is 0.637. The smallest absolute Gasteiger partial charge is 0.342 e. The van der Waals surface area contributed by atoms with Gasteiger partial charge in [0.15, 0.2) is 0 Å². The fourth-order valence-electron chi connectivity index (χ4n) is 1.78. The molecule has 10 heteroatoms. The Labute approximate surface area is 169 Å². The van der Waals surface area contributed by atoms with Gasteiger partial charge >= 0.3 is 12.0 Å². The van der Waals surface area contributed by atoms with Crippen LogP contribution in [0, 0.1) is 5.82 Å². The molecule has 0 amide bonds. The van der Waals surface area contributed by atoms with Gasteiger partial charge < -0.3 is 29.5 Å². The highest BCUT2D eigenvalue weighted by molar-refractivity contribution is 5.89. The van der Waals surface area contributed by atoms with Gasteiger partial charge in [-0.2, -0.15) is 4.98 Å². The summed E-state index contributed by atoms with van der Waals surface area (Å²) in [5, 5.41) is 17.4. The molecule has 1 aromatic heterocycles. The fourth-order valence-corrected chi connectivity index (χ4v) is 1.78. The van der Waals surface area contributed by atoms with Crippen LogP contribution < -0.4 is 9.47 Å². The van der Waals surface area contributed by atoms with Crippen molar-refractivity contribution < 1.29 is 28.9 Å². The summed E-state index contributed by atoms with van der Waals surface area (Å²) >= 11 is 0. The van der Waals surface area contributed by atoms with E-state index in [0.29, 0.717) is 13.2 Å². The topological polar surface area (TPSA) is 108 Å². The van der Waals surface area contributed by atoms with Gasteiger partial charge in [0.05, 0.1) is 12.8 Å². The molecule has 1 aromatic carbocycles. The molecule has 0 radical (unpaired) electrons. The third-order valence-corrected chi connectivity index (χ3v) is 3.31. The molecule has 2 rings (SSSR count). The molecule has 2 aromatic rings. The summed E-state index contributed by atoms with van der Waals surface area (Å²) in [6.45, 7) is 2.01. The summed E-state index contributed by atoms with van der Waals surface area (Å²) in [5.41, 5.74) is -0.214. The van der Waals surface area contributed by atoms with Gasteiger partial charge in [-0.15, -0.1) is 0 Å². The van der Waals surface area contributed by atoms with Crippen LogP contribution in [-0.4, -0.2) is 90.4 Å². The second kappa shape index (κ2) is 12.6. The van der Waals surface area contributed by atoms with Crippen molar-refractivity contribution in [2.75, 3.05) is 54.5 Å². The number of carboxylic acid groups (broad SMARTS) is 1. The zero-order valence-electron chi connectivity index (χ0n) is 17.0. The Morgan fingerprint density at radius 1 is 1.10 bits per heavy atom. The molecule has 0 aliphatic rings. The molecule has 0 fully saturated rings. The van der Waals surface area contributed by atoms with Crippen LogP contribution in [0.15, 0.2) is 30.5 Å². The Morgan fingerprint density at radius 2 is 1.72 bits per heavy atom. The molecule has 0 spiro atoms. The summed E-state index contributed by atoms with van der Waals surface area (Å²) in [6, 6.07) is 5.15. The zero-order chi connectivity index (χ0) is 21.8. The van der Waals surface area contributed by atoms with Crippen LogP contribution in [0.1, 0.15) is 10.4 Å². The summed E-state index contributed by atoms with van der Waals surface area (Å²) < 4.78 is 23.7. The number of aromatic carboxylic acids is 1. The van der Waals surface area contributed by atoms with Crippen LogP contribution >= 0.6 is 0 Å². The average molecular weight is 410 g/mol. The van der Waals surface area contributed by atoms with E-state index in [1.165, 1.54) is 24.3 Å². The van der Waals surface area contributed by atoms with Gasteiger partial charge in [0.25, 0.3) is 0 Å². The number of carbonyl (C=O) groups is 1. The molecule has 0 saturated carbocycles. The van der Waals surface area contributed by atoms with Crippen LogP contribution in [0.2, 0.25) is 0 Å². The maximum Gasteiger partial charge on any atom is 0.342 e. The molecule has 29 heavy (non-hydrogen) atoms. The number of carboxylic acids is 1. The molecule has 9 nitrogen and oxygen atoms in total. The standard InChI is InChI=1S/C15H16FN3O4.C4H11NO/c1-19(2)7-8-22-15-17-9-12(14(20)21)13(18-15)23-11-5-3-10(16)4-6-11;1-5(2)3-4-6/h3-6,9H,7-8H2,1-2H3,(H,20,21);6H,3-4H2,1-2H3. The molecular formula is C19H27FN4O5. The lowest BCUT2D eigenvalue weighted by atomic mass is 10.3. The van der Waals surface area contributed by atoms with Crippen LogP contribution in [0.4, 0.5) is 4.39 Å². The van der Waals surface area contributed by atoms with Crippen LogP contribution in [-0.2, 0) is 0 Å². The SMILES string of the molecule is CN(C)CCO.CN(C)CCOc1ncc(C(=O)O)c(Oc2ccc(F)cc2)n1. The van der Waals surface area contributed by atoms with Gasteiger partial charge in [-0.3, -0.25) is 0 Å². The third kappa shape index (κ3) is 9.79. The van der Waals surface area contributed by atoms with Gasteiger partial charge in [0.1, 0.15) is 23.7 Å². The summed E-state index contributed by atoms with van der Waals surface area (Å²) in [6.07, 6.45) is 1.11. The van der Waals surface area contributed by atoms with Crippen LogP contribution in [0.3, 0.4) is 0 Å². The minimum atomic E-state index is -1.23. The minimum absolute atomic E-state index is 0.00830. The number of likely N-dealkylation sites (N-methyl/N-ethyl adjacent to an activating group) is 2. The number of rotatable bonds is 9. The van der Waals surface area contributed by atoms with Crippen molar-refractivity contribution in [3.05, 3.63) is 41.8 Å². The van der Waals surface area contributed by atoms with Crippen molar-refractivity contribution in [1.29, 1.82) is 0 Å². The van der Waals surface area contributed by atoms with Crippen molar-refractivity contribution in [3.63, 3.8) is 0 Å². The van der Waals surface area contributed by atoms with Gasteiger partial charge in [0.2, 0.25) is 5.88 Å². The Hall–Kier alpha value is -2.82. The molecule has 0 saturated heterocycles. The van der Waals surface area contributed by atoms with Gasteiger partial charge in [-0.05, 0) is 52.5 Å². The largest absolute Gasteiger partial charge is 0.477 e. The van der Waals surface area contributed by atoms with E-state index in [2.05, 4.69) is 9.97 Å². The van der Waals surface area contributed by atoms with E-state index in [9.17, 15) is 9.18 Å². The van der Waals surface area contributed by atoms with Crippen molar-refractivity contribution in [1.82, 2.24) is 19.8 Å². The highest BCUT2D eigenvalue weighted by atomic mass is 19.1. The first kappa shape index (κ1) is 24.2. The Bertz CT molecular complexity index is 757. The van der Waals surface area contributed by atoms with Crippen molar-refractivity contribution in [2.45, 2.75) is 0 Å². The maximum atomic E-state index is 12.9. The van der Waals surface area contributed by atoms with E-state index in [4.69, 9.17) is 19.7 Å². The molecule has 0 aliphatic carbocycles. The number of halogens is 1. The molecule has 1 heterocycles. The first-order valence-electron chi connectivity index (χ1n) is 8.79. The molecule has 0 unspecified atom stereocenters. The monoisotopic (exact) mass is 410 g/mol. The Morgan fingerprint density at radius 3 is 2.21 bits per heavy atom. The number of ether oxygens (including phenoxy) is 2. The molecule has 0 aliphatic heterocycles. The van der Waals surface area contributed by atoms with E-state index < -0.39 is 11.8 Å². The number of hydrogen-bond donors (Lipinski definition) is 2.